The molecule has 4 heterocycles. The number of aliphatic hydroxyl groups is 12. The Bertz CT molecular complexity index is 2460. The van der Waals surface area contributed by atoms with Crippen LogP contribution in [0.2, 0.25) is 0 Å². The third-order valence-corrected chi connectivity index (χ3v) is 25.4. The van der Waals surface area contributed by atoms with E-state index in [9.17, 15) is 80.5 Å². The van der Waals surface area contributed by atoms with Crippen LogP contribution in [0.15, 0.2) is 24.3 Å². The zero-order valence-corrected chi connectivity index (χ0v) is 82.3. The average Bonchev–Trinajstić information content (AvgIpc) is 1.74. The predicted molar refractivity (Wildman–Crippen MR) is 514 cm³/mol. The summed E-state index contributed by atoms with van der Waals surface area (Å²) in [7, 11) is 0. The van der Waals surface area contributed by atoms with Crippen molar-refractivity contribution in [3.8, 4) is 0 Å². The number of carbonyl (C=O) groups excluding carboxylic acids is 4. The van der Waals surface area contributed by atoms with E-state index in [1.54, 1.807) is 0 Å². The summed E-state index contributed by atoms with van der Waals surface area (Å²) in [6.45, 7) is 8.09. The quantitative estimate of drug-likeness (QED) is 0.0116. The van der Waals surface area contributed by atoms with Crippen LogP contribution in [0.5, 0.6) is 0 Å². The van der Waals surface area contributed by atoms with Gasteiger partial charge >= 0.3 is 23.9 Å². The molecular weight excluding hydrogens is 1650 g/mol. The summed E-state index contributed by atoms with van der Waals surface area (Å²) in [6, 6.07) is 0. The molecule has 0 aromatic rings. The molecule has 0 spiro atoms. The van der Waals surface area contributed by atoms with E-state index in [1.165, 1.54) is 327 Å². The van der Waals surface area contributed by atoms with E-state index in [0.29, 0.717) is 25.7 Å². The molecule has 129 heavy (non-hydrogen) atoms. The van der Waals surface area contributed by atoms with Gasteiger partial charge in [0.2, 0.25) is 0 Å². The zero-order valence-electron chi connectivity index (χ0n) is 82.3. The fourth-order valence-corrected chi connectivity index (χ4v) is 16.8. The normalized spacial score (nSPS) is 21.7. The molecule has 16 atom stereocenters. The molecule has 4 aliphatic rings. The maximum Gasteiger partial charge on any atom is 0.305 e. The number of esters is 4. The topological polar surface area (TPSA) is 385 Å². The van der Waals surface area contributed by atoms with Gasteiger partial charge in [0.05, 0.1) is 26.4 Å². The van der Waals surface area contributed by atoms with Crippen LogP contribution in [0.3, 0.4) is 0 Å². The Hall–Kier alpha value is -3.28. The first-order chi connectivity index (χ1) is 62.7. The van der Waals surface area contributed by atoms with Gasteiger partial charge in [-0.1, -0.05) is 392 Å². The van der Waals surface area contributed by atoms with E-state index >= 15 is 0 Å². The first-order valence-electron chi connectivity index (χ1n) is 53.3. The first kappa shape index (κ1) is 124. The SMILES string of the molecule is CCCCCCCC/C=C/CCCCCCC(=O)OC[C@@H](O)[C@H]1OCC(O)[C@H]1O.CCCCCCCC/C=C/CCCCCCCCCCCCCCCCCC(=O)OCC(O)C1OCC(O)C1O.CCCCCCCCCCCCCCCCCC(=O)OCC(O)C1OCC(O)C1O.CCCCCCCCCCCCCCCCCC(=O)OC[C@@H](O)[C@H]1OC[C@@H](O)C1O. The second kappa shape index (κ2) is 89.9. The fraction of sp³-hybridized carbons (Fsp3) is 0.924. The van der Waals surface area contributed by atoms with Gasteiger partial charge in [0, 0.05) is 25.7 Å². The maximum atomic E-state index is 11.9. The first-order valence-corrected chi connectivity index (χ1v) is 53.3. The summed E-state index contributed by atoms with van der Waals surface area (Å²) < 4.78 is 40.7. The van der Waals surface area contributed by atoms with Crippen molar-refractivity contribution < 1.29 is 118 Å². The van der Waals surface area contributed by atoms with Crippen LogP contribution in [0.4, 0.5) is 0 Å². The summed E-state index contributed by atoms with van der Waals surface area (Å²) in [4.78, 5) is 47.1. The van der Waals surface area contributed by atoms with Crippen LogP contribution in [-0.4, -0.2) is 236 Å². The number of aliphatic hydroxyl groups excluding tert-OH is 12. The van der Waals surface area contributed by atoms with Gasteiger partial charge in [0.25, 0.3) is 0 Å². The Morgan fingerprint density at radius 3 is 0.488 bits per heavy atom. The van der Waals surface area contributed by atoms with E-state index in [1.807, 2.05) is 0 Å². The molecule has 0 radical (unpaired) electrons. The van der Waals surface area contributed by atoms with Gasteiger partial charge in [0.15, 0.2) is 0 Å². The van der Waals surface area contributed by atoms with E-state index in [0.717, 1.165) is 89.9 Å². The minimum Gasteiger partial charge on any atom is -0.463 e. The van der Waals surface area contributed by atoms with Crippen LogP contribution in [0, 0.1) is 0 Å². The summed E-state index contributed by atoms with van der Waals surface area (Å²) >= 11 is 0. The molecule has 0 saturated carbocycles. The van der Waals surface area contributed by atoms with Crippen molar-refractivity contribution in [3.05, 3.63) is 24.3 Å². The average molecular weight is 1840 g/mol. The van der Waals surface area contributed by atoms with Crippen molar-refractivity contribution in [1.82, 2.24) is 0 Å². The van der Waals surface area contributed by atoms with E-state index in [2.05, 4.69) is 52.0 Å². The third kappa shape index (κ3) is 71.8. The molecule has 4 fully saturated rings. The van der Waals surface area contributed by atoms with Crippen LogP contribution in [-0.2, 0) is 57.1 Å². The lowest BCUT2D eigenvalue weighted by Crippen LogP contribution is -2.41. The molecule has 0 aliphatic carbocycles. The highest BCUT2D eigenvalue weighted by molar-refractivity contribution is 5.70. The molecular formula is C105H198O24. The zero-order chi connectivity index (χ0) is 94.5. The van der Waals surface area contributed by atoms with Gasteiger partial charge < -0.3 is 99.2 Å². The largest absolute Gasteiger partial charge is 0.463 e. The fourth-order valence-electron chi connectivity index (χ4n) is 16.8. The molecule has 12 N–H and O–H groups in total. The molecule has 0 aromatic carbocycles. The lowest BCUT2D eigenvalue weighted by Gasteiger charge is -2.20. The van der Waals surface area contributed by atoms with Crippen molar-refractivity contribution in [2.75, 3.05) is 52.9 Å². The molecule has 0 aromatic heterocycles. The van der Waals surface area contributed by atoms with Crippen LogP contribution in [0.25, 0.3) is 0 Å². The number of carbonyl (C=O) groups is 4. The molecule has 10 unspecified atom stereocenters. The van der Waals surface area contributed by atoms with Gasteiger partial charge in [-0.05, 0) is 77.0 Å². The van der Waals surface area contributed by atoms with Crippen molar-refractivity contribution in [2.24, 2.45) is 0 Å². The smallest absolute Gasteiger partial charge is 0.305 e. The molecule has 4 aliphatic heterocycles. The highest BCUT2D eigenvalue weighted by Crippen LogP contribution is 2.26. The number of unbranched alkanes of at least 4 members (excludes halogenated alkanes) is 59. The van der Waals surface area contributed by atoms with Gasteiger partial charge in [-0.25, -0.2) is 0 Å². The monoisotopic (exact) mass is 1840 g/mol. The van der Waals surface area contributed by atoms with Crippen LogP contribution in [0.1, 0.15) is 471 Å². The second-order valence-corrected chi connectivity index (χ2v) is 37.7. The van der Waals surface area contributed by atoms with Crippen molar-refractivity contribution in [3.63, 3.8) is 0 Å². The Morgan fingerprint density at radius 1 is 0.225 bits per heavy atom. The maximum absolute atomic E-state index is 11.9. The molecule has 24 heteroatoms. The minimum absolute atomic E-state index is 0.0179. The predicted octanol–water partition coefficient (Wildman–Crippen LogP) is 20.2. The third-order valence-electron chi connectivity index (χ3n) is 25.4. The highest BCUT2D eigenvalue weighted by atomic mass is 16.6. The summed E-state index contributed by atoms with van der Waals surface area (Å²) in [6.07, 6.45) is 76.9. The van der Waals surface area contributed by atoms with Crippen LogP contribution < -0.4 is 0 Å². The Labute approximate surface area is 783 Å². The Kier molecular flexibility index (Phi) is 86.2. The lowest BCUT2D eigenvalue weighted by atomic mass is 10.0. The van der Waals surface area contributed by atoms with E-state index < -0.39 is 97.7 Å². The van der Waals surface area contributed by atoms with Crippen LogP contribution >= 0.6 is 0 Å². The molecule has 4 rings (SSSR count). The molecule has 762 valence electrons. The molecule has 24 nitrogen and oxygen atoms in total. The molecule has 4 saturated heterocycles. The van der Waals surface area contributed by atoms with E-state index in [-0.39, 0.29) is 76.7 Å². The summed E-state index contributed by atoms with van der Waals surface area (Å²) in [5.41, 5.74) is 0. The molecule has 0 bridgehead atoms. The van der Waals surface area contributed by atoms with Crippen molar-refractivity contribution >= 4 is 23.9 Å². The highest BCUT2D eigenvalue weighted by Gasteiger charge is 2.43. The number of ether oxygens (including phenoxy) is 8. The van der Waals surface area contributed by atoms with Crippen molar-refractivity contribution in [1.29, 1.82) is 0 Å². The Morgan fingerprint density at radius 2 is 0.357 bits per heavy atom. The number of hydrogen-bond acceptors (Lipinski definition) is 24. The van der Waals surface area contributed by atoms with Crippen molar-refractivity contribution in [2.45, 2.75) is 568 Å². The number of allylic oxidation sites excluding steroid dienone is 4. The second-order valence-electron chi connectivity index (χ2n) is 37.7. The standard InChI is InChI=1S/C34H64O6.2C24H46O6.C23H42O6/c1-2-3-4-5-6-7-8-9-10-11-12-13-14-15-16-17-18-19-20-21-22-23-24-25-26-27-32(37)39-29-31(36)34-33(38)30(35)28-40-34;2*1-2-3-4-5-6-7-8-9-10-11-12-13-14-15-16-17-22(27)29-19-21(26)24-23(28)20(25)18-30-24;1-2-3-4-5-6-7-8-9-10-11-12-13-14-15-16-21(26)28-18-20(25)23-22(27)19(24)17-29-23/h9-10,30-31,33-36,38H,2-8,11-29H2,1H3;2*20-21,23-26,28H,2-19H2,1H3;9-10,19-20,22-25,27H,2-8,11-18H2,1H3/b10-9+;;;10-9+/t;20-,21-,23?,24-;;19?,20-,22-,23-/m.1.1/s1. The summed E-state index contributed by atoms with van der Waals surface area (Å²) in [5.74, 6) is -1.36. The number of rotatable bonds is 83. The van der Waals surface area contributed by atoms with Gasteiger partial charge in [-0.2, -0.15) is 0 Å². The van der Waals surface area contributed by atoms with Gasteiger partial charge in [0.1, 0.15) is 124 Å². The number of hydrogen-bond donors (Lipinski definition) is 12. The summed E-state index contributed by atoms with van der Waals surface area (Å²) in [5, 5.41) is 116. The molecule has 0 amide bonds. The van der Waals surface area contributed by atoms with Gasteiger partial charge in [-0.15, -0.1) is 0 Å². The van der Waals surface area contributed by atoms with E-state index in [4.69, 9.17) is 37.9 Å². The Balaban J connectivity index is 0.000000868. The lowest BCUT2D eigenvalue weighted by molar-refractivity contribution is -0.151. The minimum atomic E-state index is -1.15. The van der Waals surface area contributed by atoms with Gasteiger partial charge in [-0.3, -0.25) is 19.2 Å².